The van der Waals surface area contributed by atoms with Gasteiger partial charge in [-0.2, -0.15) is 10.4 Å². The Morgan fingerprint density at radius 1 is 1.50 bits per heavy atom. The lowest BCUT2D eigenvalue weighted by molar-refractivity contribution is 0.196. The molecule has 18 heavy (non-hydrogen) atoms. The first kappa shape index (κ1) is 12.6. The number of nitrogens with zero attached hydrogens (tertiary/aromatic N) is 4. The third-order valence-corrected chi connectivity index (χ3v) is 3.59. The molecule has 0 saturated heterocycles. The minimum Gasteiger partial charge on any atom is -0.389 e. The minimum atomic E-state index is -0.589. The lowest BCUT2D eigenvalue weighted by atomic mass is 10.1. The lowest BCUT2D eigenvalue weighted by Gasteiger charge is -2.11. The number of aromatic nitrogens is 3. The second-order valence-electron chi connectivity index (χ2n) is 3.81. The number of aryl methyl sites for hydroxylation is 1. The van der Waals surface area contributed by atoms with E-state index in [0.29, 0.717) is 10.7 Å². The fraction of sp³-hybridized carbons (Fsp3) is 0.250. The van der Waals surface area contributed by atoms with Crippen molar-refractivity contribution in [2.24, 2.45) is 7.05 Å². The Bertz CT molecular complexity index is 600. The summed E-state index contributed by atoms with van der Waals surface area (Å²) in [6.45, 7) is 1.70. The maximum atomic E-state index is 9.73. The van der Waals surface area contributed by atoms with Crippen LogP contribution >= 0.6 is 11.8 Å². The van der Waals surface area contributed by atoms with Gasteiger partial charge < -0.3 is 5.11 Å². The summed E-state index contributed by atoms with van der Waals surface area (Å²) in [7, 11) is 1.80. The van der Waals surface area contributed by atoms with E-state index in [-0.39, 0.29) is 0 Å². The molecule has 1 heterocycles. The molecule has 2 aromatic rings. The topological polar surface area (TPSA) is 74.7 Å². The van der Waals surface area contributed by atoms with Gasteiger partial charge in [-0.25, -0.2) is 9.67 Å². The number of nitriles is 1. The van der Waals surface area contributed by atoms with E-state index in [0.717, 1.165) is 10.5 Å². The highest BCUT2D eigenvalue weighted by atomic mass is 32.2. The summed E-state index contributed by atoms with van der Waals surface area (Å²) in [5.41, 5.74) is 1.34. The van der Waals surface area contributed by atoms with E-state index < -0.39 is 6.10 Å². The Labute approximate surface area is 109 Å². The average molecular weight is 260 g/mol. The van der Waals surface area contributed by atoms with Gasteiger partial charge in [-0.3, -0.25) is 0 Å². The molecule has 0 aliphatic carbocycles. The first-order chi connectivity index (χ1) is 8.61. The second kappa shape index (κ2) is 5.21. The quantitative estimate of drug-likeness (QED) is 0.912. The van der Waals surface area contributed by atoms with Crippen molar-refractivity contribution in [3.05, 3.63) is 35.7 Å². The Balaban J connectivity index is 2.42. The standard InChI is InChI=1S/C12H12N4OS/c1-8(17)10-4-3-9(6-13)5-11(10)18-12-14-7-15-16(12)2/h3-5,7-8,17H,1-2H3/t8-/m1/s1. The van der Waals surface area contributed by atoms with Crippen molar-refractivity contribution in [3.8, 4) is 6.07 Å². The van der Waals surface area contributed by atoms with E-state index in [2.05, 4.69) is 16.2 Å². The molecule has 0 fully saturated rings. The number of aliphatic hydroxyl groups is 1. The van der Waals surface area contributed by atoms with Gasteiger partial charge in [0.2, 0.25) is 0 Å². The summed E-state index contributed by atoms with van der Waals surface area (Å²) in [5, 5.41) is 23.3. The molecule has 1 atom stereocenters. The van der Waals surface area contributed by atoms with E-state index in [4.69, 9.17) is 5.26 Å². The van der Waals surface area contributed by atoms with Crippen LogP contribution in [0.2, 0.25) is 0 Å². The summed E-state index contributed by atoms with van der Waals surface area (Å²) in [5.74, 6) is 0. The van der Waals surface area contributed by atoms with Crippen LogP contribution in [0.15, 0.2) is 34.6 Å². The van der Waals surface area contributed by atoms with Crippen molar-refractivity contribution in [1.29, 1.82) is 5.26 Å². The molecule has 0 aliphatic heterocycles. The van der Waals surface area contributed by atoms with Crippen LogP contribution in [0, 0.1) is 11.3 Å². The van der Waals surface area contributed by atoms with Crippen molar-refractivity contribution >= 4 is 11.8 Å². The van der Waals surface area contributed by atoms with Gasteiger partial charge in [0.1, 0.15) is 6.33 Å². The summed E-state index contributed by atoms with van der Waals surface area (Å²) < 4.78 is 1.65. The summed E-state index contributed by atoms with van der Waals surface area (Å²) in [6, 6.07) is 7.30. The van der Waals surface area contributed by atoms with E-state index >= 15 is 0 Å². The highest BCUT2D eigenvalue weighted by molar-refractivity contribution is 7.99. The molecule has 0 radical (unpaired) electrons. The van der Waals surface area contributed by atoms with Crippen LogP contribution in [0.1, 0.15) is 24.2 Å². The predicted octanol–water partition coefficient (Wildman–Crippen LogP) is 1.89. The van der Waals surface area contributed by atoms with Crippen LogP contribution in [0.5, 0.6) is 0 Å². The van der Waals surface area contributed by atoms with Crippen LogP contribution < -0.4 is 0 Å². The van der Waals surface area contributed by atoms with Crippen molar-refractivity contribution in [2.75, 3.05) is 0 Å². The van der Waals surface area contributed by atoms with Crippen molar-refractivity contribution < 1.29 is 5.11 Å². The number of aliphatic hydroxyl groups excluding tert-OH is 1. The predicted molar refractivity (Wildman–Crippen MR) is 66.9 cm³/mol. The molecule has 1 aromatic heterocycles. The van der Waals surface area contributed by atoms with Crippen LogP contribution in [0.4, 0.5) is 0 Å². The Hall–Kier alpha value is -1.84. The molecule has 0 amide bonds. The van der Waals surface area contributed by atoms with Crippen LogP contribution in [0.25, 0.3) is 0 Å². The molecule has 92 valence electrons. The first-order valence-corrected chi connectivity index (χ1v) is 6.17. The van der Waals surface area contributed by atoms with Gasteiger partial charge in [0, 0.05) is 11.9 Å². The van der Waals surface area contributed by atoms with E-state index in [9.17, 15) is 5.11 Å². The molecule has 0 saturated carbocycles. The molecule has 2 rings (SSSR count). The molecule has 0 spiro atoms. The zero-order chi connectivity index (χ0) is 13.1. The third-order valence-electron chi connectivity index (χ3n) is 2.46. The van der Waals surface area contributed by atoms with E-state index in [1.54, 1.807) is 36.9 Å². The molecule has 0 unspecified atom stereocenters. The highest BCUT2D eigenvalue weighted by Crippen LogP contribution is 2.32. The molecule has 1 aromatic carbocycles. The second-order valence-corrected chi connectivity index (χ2v) is 4.82. The van der Waals surface area contributed by atoms with Gasteiger partial charge in [0.25, 0.3) is 0 Å². The molecule has 6 heteroatoms. The maximum absolute atomic E-state index is 9.73. The number of rotatable bonds is 3. The molecule has 5 nitrogen and oxygen atoms in total. The summed E-state index contributed by atoms with van der Waals surface area (Å²) in [4.78, 5) is 4.94. The molecular formula is C12H12N4OS. The van der Waals surface area contributed by atoms with Crippen molar-refractivity contribution in [3.63, 3.8) is 0 Å². The third kappa shape index (κ3) is 2.53. The smallest absolute Gasteiger partial charge is 0.190 e. The fourth-order valence-corrected chi connectivity index (χ4v) is 2.53. The van der Waals surface area contributed by atoms with Crippen molar-refractivity contribution in [1.82, 2.24) is 14.8 Å². The van der Waals surface area contributed by atoms with Gasteiger partial charge in [-0.05, 0) is 36.4 Å². The van der Waals surface area contributed by atoms with Crippen LogP contribution in [-0.2, 0) is 7.05 Å². The lowest BCUT2D eigenvalue weighted by Crippen LogP contribution is -1.97. The van der Waals surface area contributed by atoms with Gasteiger partial charge in [0.15, 0.2) is 5.16 Å². The van der Waals surface area contributed by atoms with Gasteiger partial charge in [0.05, 0.1) is 17.7 Å². The summed E-state index contributed by atoms with van der Waals surface area (Å²) in [6.07, 6.45) is 0.881. The highest BCUT2D eigenvalue weighted by Gasteiger charge is 2.12. The van der Waals surface area contributed by atoms with Crippen LogP contribution in [0.3, 0.4) is 0 Å². The molecule has 0 bridgehead atoms. The molecule has 1 N–H and O–H groups in total. The Morgan fingerprint density at radius 2 is 2.28 bits per heavy atom. The number of hydrogen-bond acceptors (Lipinski definition) is 5. The normalized spacial score (nSPS) is 12.1. The molecule has 0 aliphatic rings. The van der Waals surface area contributed by atoms with E-state index in [1.807, 2.05) is 0 Å². The van der Waals surface area contributed by atoms with Crippen molar-refractivity contribution in [2.45, 2.75) is 23.1 Å². The Morgan fingerprint density at radius 3 is 2.83 bits per heavy atom. The number of benzene rings is 1. The van der Waals surface area contributed by atoms with E-state index in [1.165, 1.54) is 18.1 Å². The van der Waals surface area contributed by atoms with Gasteiger partial charge >= 0.3 is 0 Å². The Kier molecular flexibility index (Phi) is 3.65. The molecular weight excluding hydrogens is 248 g/mol. The average Bonchev–Trinajstić information content (AvgIpc) is 2.74. The summed E-state index contributed by atoms with van der Waals surface area (Å²) >= 11 is 1.38. The van der Waals surface area contributed by atoms with Gasteiger partial charge in [-0.1, -0.05) is 6.07 Å². The minimum absolute atomic E-state index is 0.559. The largest absolute Gasteiger partial charge is 0.389 e. The van der Waals surface area contributed by atoms with Gasteiger partial charge in [-0.15, -0.1) is 0 Å². The van der Waals surface area contributed by atoms with Crippen LogP contribution in [-0.4, -0.2) is 19.9 Å². The number of hydrogen-bond donors (Lipinski definition) is 1. The fourth-order valence-electron chi connectivity index (χ4n) is 1.51. The monoisotopic (exact) mass is 260 g/mol. The zero-order valence-corrected chi connectivity index (χ0v) is 10.8. The first-order valence-electron chi connectivity index (χ1n) is 5.35. The SMILES string of the molecule is C[C@@H](O)c1ccc(C#N)cc1Sc1ncnn1C. The maximum Gasteiger partial charge on any atom is 0.190 e. The zero-order valence-electron chi connectivity index (χ0n) is 10.0.